The molecule has 1 aromatic carbocycles. The molecule has 1 N–H and O–H groups in total. The Bertz CT molecular complexity index is 736. The van der Waals surface area contributed by atoms with Crippen molar-refractivity contribution >= 4 is 39.6 Å². The van der Waals surface area contributed by atoms with E-state index in [1.54, 1.807) is 6.92 Å². The molecular formula is C17H19BrN2O5. The first-order valence-electron chi connectivity index (χ1n) is 8.11. The van der Waals surface area contributed by atoms with Gasteiger partial charge in [0, 0.05) is 10.9 Å². The zero-order chi connectivity index (χ0) is 18.1. The van der Waals surface area contributed by atoms with Crippen molar-refractivity contribution in [1.82, 2.24) is 5.32 Å². The van der Waals surface area contributed by atoms with E-state index >= 15 is 0 Å². The molecule has 7 nitrogen and oxygen atoms in total. The van der Waals surface area contributed by atoms with Crippen molar-refractivity contribution in [3.05, 3.63) is 27.7 Å². The quantitative estimate of drug-likeness (QED) is 0.769. The summed E-state index contributed by atoms with van der Waals surface area (Å²) in [5.41, 5.74) is 2.66. The van der Waals surface area contributed by atoms with Gasteiger partial charge in [-0.3, -0.25) is 9.69 Å². The van der Waals surface area contributed by atoms with Gasteiger partial charge in [-0.1, -0.05) is 15.9 Å². The number of anilines is 1. The second-order valence-corrected chi connectivity index (χ2v) is 6.90. The van der Waals surface area contributed by atoms with E-state index in [-0.39, 0.29) is 12.5 Å². The molecule has 0 aliphatic carbocycles. The summed E-state index contributed by atoms with van der Waals surface area (Å²) in [6.45, 7) is 1.97. The van der Waals surface area contributed by atoms with Crippen LogP contribution in [0.1, 0.15) is 24.5 Å². The normalized spacial score (nSPS) is 21.4. The number of alkyl carbamates (subject to hydrolysis) is 1. The van der Waals surface area contributed by atoms with Crippen LogP contribution in [0.5, 0.6) is 0 Å². The highest BCUT2D eigenvalue weighted by Gasteiger charge is 2.44. The Balaban J connectivity index is 2.02. The van der Waals surface area contributed by atoms with E-state index < -0.39 is 24.1 Å². The predicted molar refractivity (Wildman–Crippen MR) is 93.4 cm³/mol. The summed E-state index contributed by atoms with van der Waals surface area (Å²) in [6.07, 6.45) is 0.770. The minimum Gasteiger partial charge on any atom is -0.464 e. The van der Waals surface area contributed by atoms with Crippen LogP contribution in [0.4, 0.5) is 10.5 Å². The van der Waals surface area contributed by atoms with Gasteiger partial charge in [-0.15, -0.1) is 0 Å². The van der Waals surface area contributed by atoms with Crippen molar-refractivity contribution in [2.24, 2.45) is 0 Å². The van der Waals surface area contributed by atoms with Gasteiger partial charge in [0.15, 0.2) is 0 Å². The number of methoxy groups -OCH3 is 1. The molecule has 2 atom stereocenters. The van der Waals surface area contributed by atoms with Gasteiger partial charge < -0.3 is 14.8 Å². The molecule has 0 aromatic heterocycles. The third-order valence-corrected chi connectivity index (χ3v) is 4.93. The van der Waals surface area contributed by atoms with Gasteiger partial charge in [0.1, 0.15) is 12.1 Å². The fourth-order valence-corrected chi connectivity index (χ4v) is 4.00. The smallest absolute Gasteiger partial charge is 0.407 e. The molecule has 0 radical (unpaired) electrons. The predicted octanol–water partition coefficient (Wildman–Crippen LogP) is 1.94. The van der Waals surface area contributed by atoms with Crippen molar-refractivity contribution in [1.29, 1.82) is 0 Å². The molecule has 0 spiro atoms. The zero-order valence-electron chi connectivity index (χ0n) is 14.0. The van der Waals surface area contributed by atoms with Crippen LogP contribution < -0.4 is 10.2 Å². The van der Waals surface area contributed by atoms with Gasteiger partial charge >= 0.3 is 12.1 Å². The average Bonchev–Trinajstić information content (AvgIpc) is 2.90. The van der Waals surface area contributed by atoms with Gasteiger partial charge in [-0.25, -0.2) is 9.59 Å². The van der Waals surface area contributed by atoms with Crippen LogP contribution in [0, 0.1) is 0 Å². The summed E-state index contributed by atoms with van der Waals surface area (Å²) in [7, 11) is 1.25. The second kappa shape index (κ2) is 7.03. The summed E-state index contributed by atoms with van der Waals surface area (Å²) in [5.74, 6) is -0.754. The van der Waals surface area contributed by atoms with E-state index in [1.165, 1.54) is 12.0 Å². The van der Waals surface area contributed by atoms with Gasteiger partial charge in [0.25, 0.3) is 5.91 Å². The second-order valence-electron chi connectivity index (χ2n) is 5.98. The van der Waals surface area contributed by atoms with Crippen molar-refractivity contribution < 1.29 is 23.9 Å². The topological polar surface area (TPSA) is 84.9 Å². The Labute approximate surface area is 153 Å². The van der Waals surface area contributed by atoms with Gasteiger partial charge in [0.05, 0.1) is 19.4 Å². The lowest BCUT2D eigenvalue weighted by Gasteiger charge is -2.27. The Morgan fingerprint density at radius 2 is 2.08 bits per heavy atom. The number of nitrogens with zero attached hydrogens (tertiary/aromatic N) is 1. The highest BCUT2D eigenvalue weighted by molar-refractivity contribution is 9.10. The molecule has 0 bridgehead atoms. The zero-order valence-corrected chi connectivity index (χ0v) is 15.6. The molecule has 134 valence electrons. The summed E-state index contributed by atoms with van der Waals surface area (Å²) < 4.78 is 10.7. The standard InChI is InChI=1S/C17H19BrN2O5/c1-3-25-16(22)13-8-10-7-11(18)6-9-4-5-12(19-17(23)24-2)15(21)20(13)14(9)10/h6-7,12-13H,3-5,8H2,1-2H3,(H,19,23)/t12-,13-/m0/s1. The van der Waals surface area contributed by atoms with E-state index in [0.717, 1.165) is 21.3 Å². The molecule has 2 heterocycles. The number of aryl methyl sites for hydroxylation is 1. The lowest BCUT2D eigenvalue weighted by Crippen LogP contribution is -2.52. The Kier molecular flexibility index (Phi) is 4.99. The summed E-state index contributed by atoms with van der Waals surface area (Å²) in [4.78, 5) is 38.5. The average molecular weight is 411 g/mol. The molecule has 25 heavy (non-hydrogen) atoms. The van der Waals surface area contributed by atoms with Crippen LogP contribution >= 0.6 is 15.9 Å². The van der Waals surface area contributed by atoms with E-state index in [2.05, 4.69) is 26.0 Å². The number of esters is 1. The van der Waals surface area contributed by atoms with Crippen LogP contribution in [-0.4, -0.2) is 43.8 Å². The number of hydrogen-bond acceptors (Lipinski definition) is 5. The molecular weight excluding hydrogens is 392 g/mol. The van der Waals surface area contributed by atoms with Crippen LogP contribution in [0.3, 0.4) is 0 Å². The number of nitrogens with one attached hydrogen (secondary N) is 1. The minimum atomic E-state index is -0.749. The highest BCUT2D eigenvalue weighted by Crippen LogP contribution is 2.41. The number of amides is 2. The third kappa shape index (κ3) is 3.22. The lowest BCUT2D eigenvalue weighted by atomic mass is 10.0. The molecule has 2 amide bonds. The van der Waals surface area contributed by atoms with Crippen molar-refractivity contribution in [3.63, 3.8) is 0 Å². The molecule has 8 heteroatoms. The molecule has 2 aliphatic heterocycles. The number of hydrogen-bond donors (Lipinski definition) is 1. The summed E-state index contributed by atoms with van der Waals surface area (Å²) in [6, 6.07) is 2.41. The van der Waals surface area contributed by atoms with Crippen LogP contribution in [0.2, 0.25) is 0 Å². The molecule has 0 unspecified atom stereocenters. The van der Waals surface area contributed by atoms with Gasteiger partial charge in [0.2, 0.25) is 0 Å². The number of carbonyl (C=O) groups excluding carboxylic acids is 3. The van der Waals surface area contributed by atoms with Crippen molar-refractivity contribution in [2.45, 2.75) is 38.3 Å². The van der Waals surface area contributed by atoms with E-state index in [4.69, 9.17) is 4.74 Å². The molecule has 2 aliphatic rings. The molecule has 0 saturated heterocycles. The summed E-state index contributed by atoms with van der Waals surface area (Å²) in [5, 5.41) is 2.57. The van der Waals surface area contributed by atoms with Gasteiger partial charge in [-0.2, -0.15) is 0 Å². The van der Waals surface area contributed by atoms with Crippen LogP contribution in [-0.2, 0) is 31.9 Å². The molecule has 3 rings (SSSR count). The van der Waals surface area contributed by atoms with Crippen LogP contribution in [0.25, 0.3) is 0 Å². The fourth-order valence-electron chi connectivity index (χ4n) is 3.45. The number of halogens is 1. The largest absolute Gasteiger partial charge is 0.464 e. The number of carbonyl (C=O) groups is 3. The molecule has 1 aromatic rings. The highest BCUT2D eigenvalue weighted by atomic mass is 79.9. The SMILES string of the molecule is CCOC(=O)[C@@H]1Cc2cc(Br)cc3c2N1C(=O)[C@@H](NC(=O)OC)CC3. The maximum absolute atomic E-state index is 13.1. The molecule has 0 saturated carbocycles. The molecule has 0 fully saturated rings. The number of ether oxygens (including phenoxy) is 2. The van der Waals surface area contributed by atoms with E-state index in [0.29, 0.717) is 19.3 Å². The fraction of sp³-hybridized carbons (Fsp3) is 0.471. The first-order valence-corrected chi connectivity index (χ1v) is 8.91. The first kappa shape index (κ1) is 17.7. The number of rotatable bonds is 3. The first-order chi connectivity index (χ1) is 12.0. The maximum Gasteiger partial charge on any atom is 0.407 e. The number of benzene rings is 1. The lowest BCUT2D eigenvalue weighted by molar-refractivity contribution is -0.145. The van der Waals surface area contributed by atoms with Gasteiger partial charge in [-0.05, 0) is 43.0 Å². The van der Waals surface area contributed by atoms with Crippen molar-refractivity contribution in [2.75, 3.05) is 18.6 Å². The monoisotopic (exact) mass is 410 g/mol. The van der Waals surface area contributed by atoms with E-state index in [9.17, 15) is 14.4 Å². The van der Waals surface area contributed by atoms with Crippen molar-refractivity contribution in [3.8, 4) is 0 Å². The third-order valence-electron chi connectivity index (χ3n) is 4.47. The van der Waals surface area contributed by atoms with E-state index in [1.807, 2.05) is 12.1 Å². The maximum atomic E-state index is 13.1. The van der Waals surface area contributed by atoms with Crippen LogP contribution in [0.15, 0.2) is 16.6 Å². The Morgan fingerprint density at radius 1 is 1.36 bits per heavy atom. The summed E-state index contributed by atoms with van der Waals surface area (Å²) >= 11 is 3.49. The minimum absolute atomic E-state index is 0.244. The Hall–Kier alpha value is -2.09. The Morgan fingerprint density at radius 3 is 2.76 bits per heavy atom.